The van der Waals surface area contributed by atoms with Crippen molar-refractivity contribution in [1.82, 2.24) is 10.2 Å². The number of H-pyrrole nitrogens is 1. The molecule has 3 rings (SSSR count). The van der Waals surface area contributed by atoms with E-state index in [1.807, 2.05) is 60.7 Å². The third-order valence-corrected chi connectivity index (χ3v) is 9.93. The van der Waals surface area contributed by atoms with Crippen molar-refractivity contribution in [3.8, 4) is 5.88 Å². The van der Waals surface area contributed by atoms with E-state index in [-0.39, 0.29) is 5.88 Å². The minimum Gasteiger partial charge on any atom is -0.477 e. The second-order valence-electron chi connectivity index (χ2n) is 8.22. The highest BCUT2D eigenvalue weighted by atomic mass is 28.4. The first-order valence-electron chi connectivity index (χ1n) is 10.7. The molecular weight excluding hydrogens is 433 g/mol. The van der Waals surface area contributed by atoms with E-state index in [0.29, 0.717) is 6.04 Å². The summed E-state index contributed by atoms with van der Waals surface area (Å²) < 4.78 is 54.5. The summed E-state index contributed by atoms with van der Waals surface area (Å²) in [6.45, 7) is 2.16. The predicted molar refractivity (Wildman–Crippen MR) is 122 cm³/mol. The van der Waals surface area contributed by atoms with E-state index in [1.165, 1.54) is 12.3 Å². The summed E-state index contributed by atoms with van der Waals surface area (Å²) in [7, 11) is -2.93. The second kappa shape index (κ2) is 10.4. The lowest BCUT2D eigenvalue weighted by Crippen LogP contribution is -2.62. The van der Waals surface area contributed by atoms with Crippen LogP contribution in [0.4, 0.5) is 13.2 Å². The Morgan fingerprint density at radius 2 is 1.50 bits per heavy atom. The van der Waals surface area contributed by atoms with E-state index in [4.69, 9.17) is 9.16 Å². The van der Waals surface area contributed by atoms with Crippen LogP contribution < -0.4 is 15.1 Å². The van der Waals surface area contributed by atoms with Crippen molar-refractivity contribution in [2.45, 2.75) is 38.9 Å². The zero-order chi connectivity index (χ0) is 23.1. The minimum absolute atomic E-state index is 0.195. The van der Waals surface area contributed by atoms with Gasteiger partial charge in [-0.25, -0.2) is 5.10 Å². The molecule has 0 fully saturated rings. The van der Waals surface area contributed by atoms with Crippen LogP contribution in [0.1, 0.15) is 26.7 Å². The first-order chi connectivity index (χ1) is 15.3. The maximum absolute atomic E-state index is 14.2. The van der Waals surface area contributed by atoms with Crippen LogP contribution in [0.5, 0.6) is 5.88 Å². The molecule has 0 amide bonds. The second-order valence-corrected chi connectivity index (χ2v) is 11.8. The molecule has 0 radical (unpaired) electrons. The molecular formula is C24H29F3N2O2Si. The third-order valence-electron chi connectivity index (χ3n) is 5.71. The summed E-state index contributed by atoms with van der Waals surface area (Å²) in [5, 5.41) is 8.21. The fourth-order valence-electron chi connectivity index (χ4n) is 3.58. The fourth-order valence-corrected chi connectivity index (χ4v) is 7.85. The highest BCUT2D eigenvalue weighted by Crippen LogP contribution is 2.39. The van der Waals surface area contributed by atoms with Gasteiger partial charge in [0.05, 0.1) is 12.8 Å². The van der Waals surface area contributed by atoms with Crippen molar-refractivity contribution in [2.24, 2.45) is 5.41 Å². The van der Waals surface area contributed by atoms with Gasteiger partial charge in [0, 0.05) is 6.07 Å². The minimum atomic E-state index is -4.51. The van der Waals surface area contributed by atoms with E-state index >= 15 is 0 Å². The maximum Gasteiger partial charge on any atom is 0.399 e. The molecule has 0 aliphatic heterocycles. The molecule has 1 unspecified atom stereocenters. The van der Waals surface area contributed by atoms with Gasteiger partial charge >= 0.3 is 6.18 Å². The Bertz CT molecular complexity index is 897. The van der Waals surface area contributed by atoms with Gasteiger partial charge in [0.1, 0.15) is 12.0 Å². The monoisotopic (exact) mass is 462 g/mol. The average Bonchev–Trinajstić information content (AvgIpc) is 3.32. The third kappa shape index (κ3) is 5.42. The van der Waals surface area contributed by atoms with Crippen LogP contribution in [-0.4, -0.2) is 37.9 Å². The Labute approximate surface area is 187 Å². The Balaban J connectivity index is 1.96. The number of ether oxygens (including phenoxy) is 1. The van der Waals surface area contributed by atoms with Crippen LogP contribution in [0.2, 0.25) is 6.04 Å². The summed E-state index contributed by atoms with van der Waals surface area (Å²) in [4.78, 5) is 0. The molecule has 2 aromatic carbocycles. The van der Waals surface area contributed by atoms with Crippen LogP contribution in [0.25, 0.3) is 0 Å². The van der Waals surface area contributed by atoms with Gasteiger partial charge in [0.25, 0.3) is 8.32 Å². The summed E-state index contributed by atoms with van der Waals surface area (Å²) in [5.74, 6) is 0.195. The summed E-state index contributed by atoms with van der Waals surface area (Å²) >= 11 is 0. The number of halogens is 3. The van der Waals surface area contributed by atoms with Crippen molar-refractivity contribution < 1.29 is 22.3 Å². The molecule has 0 bridgehead atoms. The molecule has 0 saturated carbocycles. The number of hydrogen-bond acceptors (Lipinski definition) is 3. The molecule has 0 aliphatic carbocycles. The largest absolute Gasteiger partial charge is 0.477 e. The molecule has 172 valence electrons. The number of benzene rings is 2. The first kappa shape index (κ1) is 24.1. The van der Waals surface area contributed by atoms with E-state index in [1.54, 1.807) is 0 Å². The van der Waals surface area contributed by atoms with E-state index in [9.17, 15) is 13.2 Å². The lowest BCUT2D eigenvalue weighted by molar-refractivity contribution is -0.235. The summed E-state index contributed by atoms with van der Waals surface area (Å²) in [5.41, 5.74) is -2.19. The van der Waals surface area contributed by atoms with Gasteiger partial charge in [-0.15, -0.1) is 0 Å². The average molecular weight is 463 g/mol. The molecule has 1 aromatic heterocycles. The van der Waals surface area contributed by atoms with Crippen molar-refractivity contribution in [3.63, 3.8) is 0 Å². The van der Waals surface area contributed by atoms with E-state index < -0.39 is 33.1 Å². The Kier molecular flexibility index (Phi) is 7.79. The molecule has 32 heavy (non-hydrogen) atoms. The molecule has 1 heterocycles. The highest BCUT2D eigenvalue weighted by molar-refractivity contribution is 6.97. The molecule has 1 N–H and O–H groups in total. The molecule has 3 aromatic rings. The van der Waals surface area contributed by atoms with Gasteiger partial charge in [-0.2, -0.15) is 18.3 Å². The van der Waals surface area contributed by atoms with Gasteiger partial charge in [0.2, 0.25) is 5.88 Å². The van der Waals surface area contributed by atoms with Crippen molar-refractivity contribution in [2.75, 3.05) is 13.2 Å². The van der Waals surface area contributed by atoms with Crippen LogP contribution in [0, 0.1) is 5.41 Å². The molecule has 1 atom stereocenters. The van der Waals surface area contributed by atoms with Crippen LogP contribution in [0.15, 0.2) is 72.9 Å². The number of rotatable bonds is 11. The van der Waals surface area contributed by atoms with Crippen LogP contribution >= 0.6 is 0 Å². The maximum atomic E-state index is 14.2. The topological polar surface area (TPSA) is 47.1 Å². The quantitative estimate of drug-likeness (QED) is 0.411. The highest BCUT2D eigenvalue weighted by Gasteiger charge is 2.54. The number of alkyl halides is 3. The van der Waals surface area contributed by atoms with Crippen LogP contribution in [0.3, 0.4) is 0 Å². The zero-order valence-electron chi connectivity index (χ0n) is 18.4. The zero-order valence-corrected chi connectivity index (χ0v) is 19.4. The van der Waals surface area contributed by atoms with Gasteiger partial charge in [-0.1, -0.05) is 80.4 Å². The lowest BCUT2D eigenvalue weighted by Gasteiger charge is -2.38. The molecule has 0 spiro atoms. The standard InChI is InChI=1S/C24H29F3N2O2Si/c1-3-4-17-32(20-11-7-5-8-12-20,21-13-9-6-10-14-21)31-19-23(2,24(25,26)27)18-30-22-15-16-28-29-22/h5-16H,3-4,17-19H2,1-2H3,(H,28,29). The van der Waals surface area contributed by atoms with Crippen molar-refractivity contribution in [3.05, 3.63) is 72.9 Å². The smallest absolute Gasteiger partial charge is 0.399 e. The van der Waals surface area contributed by atoms with Crippen molar-refractivity contribution in [1.29, 1.82) is 0 Å². The first-order valence-corrected chi connectivity index (χ1v) is 12.9. The molecule has 0 aliphatic rings. The van der Waals surface area contributed by atoms with Gasteiger partial charge < -0.3 is 9.16 Å². The number of nitrogens with one attached hydrogen (secondary N) is 1. The summed E-state index contributed by atoms with van der Waals surface area (Å²) in [6.07, 6.45) is -1.28. The van der Waals surface area contributed by atoms with Gasteiger partial charge in [-0.05, 0) is 23.3 Å². The van der Waals surface area contributed by atoms with Crippen LogP contribution in [-0.2, 0) is 4.43 Å². The number of hydrogen-bond donors (Lipinski definition) is 1. The number of aromatic nitrogens is 2. The van der Waals surface area contributed by atoms with Gasteiger partial charge in [0.15, 0.2) is 0 Å². The Hall–Kier alpha value is -2.58. The lowest BCUT2D eigenvalue weighted by atomic mass is 9.92. The Morgan fingerprint density at radius 3 is 1.97 bits per heavy atom. The van der Waals surface area contributed by atoms with E-state index in [0.717, 1.165) is 30.1 Å². The number of aromatic amines is 1. The SMILES string of the molecule is CCCC[Si](OCC(C)(COc1ccn[nH]1)C(F)(F)F)(c1ccccc1)c1ccccc1. The van der Waals surface area contributed by atoms with Gasteiger partial charge in [-0.3, -0.25) is 0 Å². The fraction of sp³-hybridized carbons (Fsp3) is 0.375. The molecule has 4 nitrogen and oxygen atoms in total. The molecule has 0 saturated heterocycles. The number of nitrogens with zero attached hydrogens (tertiary/aromatic N) is 1. The van der Waals surface area contributed by atoms with Crippen molar-refractivity contribution >= 4 is 18.7 Å². The van der Waals surface area contributed by atoms with E-state index in [2.05, 4.69) is 17.1 Å². The Morgan fingerprint density at radius 1 is 0.906 bits per heavy atom. The number of unbranched alkanes of at least 4 members (excludes halogenated alkanes) is 1. The predicted octanol–water partition coefficient (Wildman–Crippen LogP) is 4.93. The molecule has 8 heteroatoms. The normalized spacial score (nSPS) is 14.2. The summed E-state index contributed by atoms with van der Waals surface area (Å²) in [6, 6.07) is 21.6.